The van der Waals surface area contributed by atoms with Crippen LogP contribution in [-0.4, -0.2) is 35.6 Å². The van der Waals surface area contributed by atoms with Crippen molar-refractivity contribution in [3.8, 4) is 16.9 Å². The number of alkyl halides is 3. The van der Waals surface area contributed by atoms with Crippen LogP contribution in [0.2, 0.25) is 0 Å². The monoisotopic (exact) mass is 471 g/mol. The number of nitrogens with zero attached hydrogens (tertiary/aromatic N) is 6. The summed E-state index contributed by atoms with van der Waals surface area (Å²) in [6.45, 7) is 3.46. The van der Waals surface area contributed by atoms with Gasteiger partial charge in [0.1, 0.15) is 18.0 Å². The van der Waals surface area contributed by atoms with Gasteiger partial charge >= 0.3 is 6.18 Å². The van der Waals surface area contributed by atoms with Gasteiger partial charge in [-0.2, -0.15) is 18.3 Å². The lowest BCUT2D eigenvalue weighted by Crippen LogP contribution is -2.25. The zero-order valence-electron chi connectivity index (χ0n) is 17.9. The summed E-state index contributed by atoms with van der Waals surface area (Å²) in [6, 6.07) is 5.30. The van der Waals surface area contributed by atoms with Gasteiger partial charge in [0, 0.05) is 36.3 Å². The number of hydrogen-bond acceptors (Lipinski definition) is 6. The molecule has 0 spiro atoms. The van der Waals surface area contributed by atoms with Crippen LogP contribution in [0, 0.1) is 19.7 Å². The molecule has 3 heterocycles. The van der Waals surface area contributed by atoms with E-state index in [-0.39, 0.29) is 23.5 Å². The van der Waals surface area contributed by atoms with Crippen molar-refractivity contribution >= 4 is 5.91 Å². The van der Waals surface area contributed by atoms with Crippen molar-refractivity contribution in [3.05, 3.63) is 83.3 Å². The first-order valence-corrected chi connectivity index (χ1v) is 9.93. The van der Waals surface area contributed by atoms with E-state index in [9.17, 15) is 18.0 Å². The Morgan fingerprint density at radius 2 is 1.76 bits per heavy atom. The van der Waals surface area contributed by atoms with Crippen molar-refractivity contribution in [1.82, 2.24) is 35.0 Å². The van der Waals surface area contributed by atoms with E-state index in [1.807, 2.05) is 0 Å². The van der Waals surface area contributed by atoms with Crippen molar-refractivity contribution in [2.75, 3.05) is 0 Å². The average Bonchev–Trinajstić information content (AvgIpc) is 3.30. The van der Waals surface area contributed by atoms with Crippen LogP contribution >= 0.6 is 0 Å². The molecule has 8 nitrogen and oxygen atoms in total. The molecule has 34 heavy (non-hydrogen) atoms. The number of nitrogens with one attached hydrogen (secondary N) is 1. The lowest BCUT2D eigenvalue weighted by Gasteiger charge is -2.14. The van der Waals surface area contributed by atoms with Crippen molar-refractivity contribution < 1.29 is 22.4 Å². The summed E-state index contributed by atoms with van der Waals surface area (Å²) in [7, 11) is 0. The van der Waals surface area contributed by atoms with E-state index in [0.717, 1.165) is 24.0 Å². The fourth-order valence-corrected chi connectivity index (χ4v) is 3.12. The van der Waals surface area contributed by atoms with Gasteiger partial charge in [-0.05, 0) is 37.6 Å². The highest BCUT2D eigenvalue weighted by Crippen LogP contribution is 2.32. The van der Waals surface area contributed by atoms with Crippen LogP contribution in [0.1, 0.15) is 33.1 Å². The third-order valence-electron chi connectivity index (χ3n) is 4.82. The molecule has 0 aliphatic rings. The van der Waals surface area contributed by atoms with Gasteiger partial charge in [0.2, 0.25) is 5.82 Å². The number of carbonyl (C=O) groups excluding carboxylic acids is 1. The molecular formula is C22H17F4N7O. The number of rotatable bonds is 5. The van der Waals surface area contributed by atoms with Gasteiger partial charge < -0.3 is 5.32 Å². The summed E-state index contributed by atoms with van der Waals surface area (Å²) >= 11 is 0. The minimum atomic E-state index is -4.82. The van der Waals surface area contributed by atoms with E-state index >= 15 is 4.39 Å². The molecule has 1 N–H and O–H groups in total. The smallest absolute Gasteiger partial charge is 0.348 e. The first kappa shape index (κ1) is 23.0. The predicted octanol–water partition coefficient (Wildman–Crippen LogP) is 3.82. The number of halogens is 4. The molecule has 0 aliphatic carbocycles. The zero-order valence-corrected chi connectivity index (χ0v) is 17.9. The van der Waals surface area contributed by atoms with Gasteiger partial charge in [0.25, 0.3) is 5.91 Å². The van der Waals surface area contributed by atoms with Crippen molar-refractivity contribution in [1.29, 1.82) is 0 Å². The molecule has 0 saturated carbocycles. The van der Waals surface area contributed by atoms with Gasteiger partial charge in [0.05, 0.1) is 16.9 Å². The third kappa shape index (κ3) is 4.75. The molecule has 0 fully saturated rings. The Morgan fingerprint density at radius 3 is 2.41 bits per heavy atom. The van der Waals surface area contributed by atoms with Crippen molar-refractivity contribution in [2.45, 2.75) is 26.6 Å². The highest BCUT2D eigenvalue weighted by atomic mass is 19.4. The Labute approximate surface area is 190 Å². The largest absolute Gasteiger partial charge is 0.451 e. The molecule has 0 bridgehead atoms. The lowest BCUT2D eigenvalue weighted by atomic mass is 10.0. The van der Waals surface area contributed by atoms with E-state index in [2.05, 4.69) is 30.4 Å². The molecule has 0 radical (unpaired) electrons. The minimum Gasteiger partial charge on any atom is -0.348 e. The first-order chi connectivity index (χ1) is 16.1. The summed E-state index contributed by atoms with van der Waals surface area (Å²) in [4.78, 5) is 28.3. The molecule has 12 heteroatoms. The van der Waals surface area contributed by atoms with Gasteiger partial charge in [-0.15, -0.1) is 0 Å². The van der Waals surface area contributed by atoms with E-state index < -0.39 is 29.3 Å². The number of amides is 1. The summed E-state index contributed by atoms with van der Waals surface area (Å²) in [5, 5.41) is 6.16. The van der Waals surface area contributed by atoms with E-state index in [4.69, 9.17) is 0 Å². The summed E-state index contributed by atoms with van der Waals surface area (Å²) < 4.78 is 56.2. The van der Waals surface area contributed by atoms with Crippen LogP contribution in [0.3, 0.4) is 0 Å². The Morgan fingerprint density at radius 1 is 1.03 bits per heavy atom. The highest BCUT2D eigenvalue weighted by Gasteiger charge is 2.37. The highest BCUT2D eigenvalue weighted by molar-refractivity contribution is 5.96. The van der Waals surface area contributed by atoms with Crippen LogP contribution in [-0.2, 0) is 12.7 Å². The maximum absolute atomic E-state index is 15.5. The molecule has 4 aromatic rings. The minimum absolute atomic E-state index is 0.0159. The van der Waals surface area contributed by atoms with Crippen LogP contribution in [0.25, 0.3) is 16.9 Å². The standard InChI is InChI=1S/C22H17F4N7O/c1-12-3-4-18(29-7-12)16-5-15(33-21(22(24,25)26)31-11-32-33)6-17(19(16)23)20(34)30-10-14-8-27-13(2)28-9-14/h3-9,11H,10H2,1-2H3,(H,30,34). The number of benzene rings is 1. The van der Waals surface area contributed by atoms with Crippen LogP contribution in [0.15, 0.2) is 49.2 Å². The van der Waals surface area contributed by atoms with Crippen LogP contribution < -0.4 is 5.32 Å². The van der Waals surface area contributed by atoms with E-state index in [1.165, 1.54) is 24.7 Å². The molecule has 174 valence electrons. The molecule has 0 unspecified atom stereocenters. The predicted molar refractivity (Wildman–Crippen MR) is 112 cm³/mol. The number of aryl methyl sites for hydroxylation is 2. The molecule has 1 aromatic carbocycles. The topological polar surface area (TPSA) is 98.5 Å². The number of pyridine rings is 1. The van der Waals surface area contributed by atoms with Crippen LogP contribution in [0.4, 0.5) is 17.6 Å². The summed E-state index contributed by atoms with van der Waals surface area (Å²) in [6.07, 6.45) is 0.396. The Bertz CT molecular complexity index is 1330. The van der Waals surface area contributed by atoms with Gasteiger partial charge in [0.15, 0.2) is 0 Å². The van der Waals surface area contributed by atoms with Gasteiger partial charge in [-0.25, -0.2) is 24.0 Å². The Kier molecular flexibility index (Phi) is 6.05. The second-order valence-electron chi connectivity index (χ2n) is 7.39. The zero-order chi connectivity index (χ0) is 24.5. The first-order valence-electron chi connectivity index (χ1n) is 9.93. The number of aromatic nitrogens is 6. The number of hydrogen-bond donors (Lipinski definition) is 1. The molecule has 0 aliphatic heterocycles. The Hall–Kier alpha value is -4.22. The molecule has 0 atom stereocenters. The van der Waals surface area contributed by atoms with E-state index in [1.54, 1.807) is 19.9 Å². The van der Waals surface area contributed by atoms with Gasteiger partial charge in [-0.1, -0.05) is 6.07 Å². The van der Waals surface area contributed by atoms with Crippen molar-refractivity contribution in [2.24, 2.45) is 0 Å². The van der Waals surface area contributed by atoms with Crippen LogP contribution in [0.5, 0.6) is 0 Å². The lowest BCUT2D eigenvalue weighted by molar-refractivity contribution is -0.146. The second-order valence-corrected chi connectivity index (χ2v) is 7.39. The Balaban J connectivity index is 1.79. The maximum atomic E-state index is 15.5. The fourth-order valence-electron chi connectivity index (χ4n) is 3.12. The van der Waals surface area contributed by atoms with Gasteiger partial charge in [-0.3, -0.25) is 9.78 Å². The SMILES string of the molecule is Cc1ccc(-c2cc(-n3ncnc3C(F)(F)F)cc(C(=O)NCc3cnc(C)nc3)c2F)nc1. The normalized spacial score (nSPS) is 11.5. The van der Waals surface area contributed by atoms with Crippen molar-refractivity contribution in [3.63, 3.8) is 0 Å². The fraction of sp³-hybridized carbons (Fsp3) is 0.182. The molecule has 4 rings (SSSR count). The summed E-state index contributed by atoms with van der Waals surface area (Å²) in [5.74, 6) is -2.56. The average molecular weight is 471 g/mol. The van der Waals surface area contributed by atoms with E-state index in [0.29, 0.717) is 16.1 Å². The molecule has 1 amide bonds. The second kappa shape index (κ2) is 8.96. The summed E-state index contributed by atoms with van der Waals surface area (Å²) in [5.41, 5.74) is 0.657. The quantitative estimate of drug-likeness (QED) is 0.445. The number of carbonyl (C=O) groups is 1. The molecule has 0 saturated heterocycles. The maximum Gasteiger partial charge on any atom is 0.451 e. The molecular weight excluding hydrogens is 454 g/mol. The third-order valence-corrected chi connectivity index (χ3v) is 4.82. The molecule has 3 aromatic heterocycles.